The van der Waals surface area contributed by atoms with Gasteiger partial charge >= 0.3 is 0 Å². The lowest BCUT2D eigenvalue weighted by atomic mass is 10.1. The van der Waals surface area contributed by atoms with E-state index in [9.17, 15) is 4.79 Å². The fraction of sp³-hybridized carbons (Fsp3) is 0.316. The third-order valence-corrected chi connectivity index (χ3v) is 3.54. The maximum Gasteiger partial charge on any atom is 0.227 e. The third kappa shape index (κ3) is 4.92. The zero-order valence-corrected chi connectivity index (χ0v) is 13.2. The lowest BCUT2D eigenvalue weighted by Crippen LogP contribution is -2.20. The molecular weight excluding hydrogens is 274 g/mol. The van der Waals surface area contributed by atoms with E-state index >= 15 is 0 Å². The van der Waals surface area contributed by atoms with Gasteiger partial charge in [0.2, 0.25) is 5.91 Å². The van der Waals surface area contributed by atoms with E-state index in [4.69, 9.17) is 4.74 Å². The zero-order valence-electron chi connectivity index (χ0n) is 13.2. The van der Waals surface area contributed by atoms with E-state index in [0.717, 1.165) is 29.8 Å². The smallest absolute Gasteiger partial charge is 0.227 e. The van der Waals surface area contributed by atoms with Crippen LogP contribution in [-0.2, 0) is 11.4 Å². The molecule has 22 heavy (non-hydrogen) atoms. The minimum atomic E-state index is 0.0407. The molecule has 0 aliphatic carbocycles. The summed E-state index contributed by atoms with van der Waals surface area (Å²) in [4.78, 5) is 12.0. The monoisotopic (exact) mass is 297 g/mol. The second-order valence-electron chi connectivity index (χ2n) is 5.48. The van der Waals surface area contributed by atoms with Crippen LogP contribution in [0.15, 0.2) is 54.6 Å². The lowest BCUT2D eigenvalue weighted by molar-refractivity contribution is -0.119. The summed E-state index contributed by atoms with van der Waals surface area (Å²) in [6.45, 7) is 4.58. The first-order valence-electron chi connectivity index (χ1n) is 7.76. The van der Waals surface area contributed by atoms with Gasteiger partial charge in [0.1, 0.15) is 12.4 Å². The molecule has 0 aromatic heterocycles. The van der Waals surface area contributed by atoms with Crippen molar-refractivity contribution in [1.29, 1.82) is 0 Å². The SMILES string of the molecule is CCC[C@H](C)C(=O)Nc1ccc(OCc2ccccc2)cc1. The van der Waals surface area contributed by atoms with Crippen molar-refractivity contribution in [1.82, 2.24) is 0 Å². The van der Waals surface area contributed by atoms with Crippen LogP contribution < -0.4 is 10.1 Å². The topological polar surface area (TPSA) is 38.3 Å². The van der Waals surface area contributed by atoms with Gasteiger partial charge in [-0.05, 0) is 36.2 Å². The van der Waals surface area contributed by atoms with Crippen LogP contribution in [0.25, 0.3) is 0 Å². The summed E-state index contributed by atoms with van der Waals surface area (Å²) in [5, 5.41) is 2.93. The number of ether oxygens (including phenoxy) is 1. The van der Waals surface area contributed by atoms with E-state index in [2.05, 4.69) is 12.2 Å². The average molecular weight is 297 g/mol. The Balaban J connectivity index is 1.86. The highest BCUT2D eigenvalue weighted by Gasteiger charge is 2.11. The Hall–Kier alpha value is -2.29. The number of carbonyl (C=O) groups excluding carboxylic acids is 1. The molecule has 116 valence electrons. The van der Waals surface area contributed by atoms with E-state index < -0.39 is 0 Å². The van der Waals surface area contributed by atoms with Gasteiger partial charge in [0.15, 0.2) is 0 Å². The van der Waals surface area contributed by atoms with Crippen molar-refractivity contribution in [2.24, 2.45) is 5.92 Å². The summed E-state index contributed by atoms with van der Waals surface area (Å²) in [5.41, 5.74) is 1.94. The van der Waals surface area contributed by atoms with Crippen LogP contribution in [0.4, 0.5) is 5.69 Å². The summed E-state index contributed by atoms with van der Waals surface area (Å²) in [6, 6.07) is 17.5. The molecule has 2 aromatic rings. The number of nitrogens with one attached hydrogen (secondary N) is 1. The van der Waals surface area contributed by atoms with Crippen LogP contribution in [0.1, 0.15) is 32.3 Å². The molecule has 0 aliphatic rings. The van der Waals surface area contributed by atoms with Crippen molar-refractivity contribution in [3.63, 3.8) is 0 Å². The van der Waals surface area contributed by atoms with E-state index in [1.54, 1.807) is 0 Å². The molecule has 0 radical (unpaired) electrons. The van der Waals surface area contributed by atoms with Gasteiger partial charge < -0.3 is 10.1 Å². The molecule has 1 atom stereocenters. The minimum Gasteiger partial charge on any atom is -0.489 e. The Morgan fingerprint density at radius 2 is 1.77 bits per heavy atom. The van der Waals surface area contributed by atoms with Crippen LogP contribution in [0.5, 0.6) is 5.75 Å². The summed E-state index contributed by atoms with van der Waals surface area (Å²) in [7, 11) is 0. The first kappa shape index (κ1) is 16.1. The van der Waals surface area contributed by atoms with E-state index in [1.165, 1.54) is 0 Å². The highest BCUT2D eigenvalue weighted by atomic mass is 16.5. The number of hydrogen-bond donors (Lipinski definition) is 1. The molecule has 1 amide bonds. The molecule has 1 N–H and O–H groups in total. The number of benzene rings is 2. The van der Waals surface area contributed by atoms with Crippen molar-refractivity contribution in [2.45, 2.75) is 33.3 Å². The Morgan fingerprint density at radius 1 is 1.09 bits per heavy atom. The van der Waals surface area contributed by atoms with E-state index in [-0.39, 0.29) is 11.8 Å². The van der Waals surface area contributed by atoms with Gasteiger partial charge in [0, 0.05) is 11.6 Å². The molecule has 3 heteroatoms. The van der Waals surface area contributed by atoms with Gasteiger partial charge in [-0.2, -0.15) is 0 Å². The van der Waals surface area contributed by atoms with Crippen LogP contribution in [0.3, 0.4) is 0 Å². The second-order valence-corrected chi connectivity index (χ2v) is 5.48. The number of amides is 1. The van der Waals surface area contributed by atoms with Crippen molar-refractivity contribution in [3.05, 3.63) is 60.2 Å². The summed E-state index contributed by atoms with van der Waals surface area (Å²) < 4.78 is 5.73. The average Bonchev–Trinajstić information content (AvgIpc) is 2.55. The van der Waals surface area contributed by atoms with Gasteiger partial charge in [-0.1, -0.05) is 50.6 Å². The Morgan fingerprint density at radius 3 is 2.41 bits per heavy atom. The molecule has 0 spiro atoms. The molecule has 2 aromatic carbocycles. The fourth-order valence-corrected chi connectivity index (χ4v) is 2.20. The molecule has 0 fully saturated rings. The van der Waals surface area contributed by atoms with Gasteiger partial charge in [0.25, 0.3) is 0 Å². The molecule has 0 saturated heterocycles. The molecule has 3 nitrogen and oxygen atoms in total. The molecule has 2 rings (SSSR count). The summed E-state index contributed by atoms with van der Waals surface area (Å²) in [5.74, 6) is 0.905. The summed E-state index contributed by atoms with van der Waals surface area (Å²) >= 11 is 0. The molecular formula is C19H23NO2. The quantitative estimate of drug-likeness (QED) is 0.808. The van der Waals surface area contributed by atoms with Gasteiger partial charge in [0.05, 0.1) is 0 Å². The fourth-order valence-electron chi connectivity index (χ4n) is 2.20. The van der Waals surface area contributed by atoms with Gasteiger partial charge in [-0.3, -0.25) is 4.79 Å². The Labute approximate surface area is 132 Å². The van der Waals surface area contributed by atoms with E-state index in [1.807, 2.05) is 61.5 Å². The number of anilines is 1. The van der Waals surface area contributed by atoms with Crippen LogP contribution in [0, 0.1) is 5.92 Å². The standard InChI is InChI=1S/C19H23NO2/c1-3-7-15(2)19(21)20-17-10-12-18(13-11-17)22-14-16-8-5-4-6-9-16/h4-6,8-13,15H,3,7,14H2,1-2H3,(H,20,21)/t15-/m0/s1. The first-order chi connectivity index (χ1) is 10.7. The highest BCUT2D eigenvalue weighted by Crippen LogP contribution is 2.18. The normalized spacial score (nSPS) is 11.7. The molecule has 0 bridgehead atoms. The predicted molar refractivity (Wildman–Crippen MR) is 89.9 cm³/mol. The highest BCUT2D eigenvalue weighted by molar-refractivity contribution is 5.92. The third-order valence-electron chi connectivity index (χ3n) is 3.54. The lowest BCUT2D eigenvalue weighted by Gasteiger charge is -2.12. The minimum absolute atomic E-state index is 0.0407. The zero-order chi connectivity index (χ0) is 15.8. The van der Waals surface area contributed by atoms with Crippen molar-refractivity contribution in [2.75, 3.05) is 5.32 Å². The van der Waals surface area contributed by atoms with Crippen LogP contribution in [0.2, 0.25) is 0 Å². The number of hydrogen-bond acceptors (Lipinski definition) is 2. The van der Waals surface area contributed by atoms with Gasteiger partial charge in [-0.15, -0.1) is 0 Å². The molecule has 0 heterocycles. The number of rotatable bonds is 7. The number of carbonyl (C=O) groups is 1. The Kier molecular flexibility index (Phi) is 6.01. The second kappa shape index (κ2) is 8.23. The predicted octanol–water partition coefficient (Wildman–Crippen LogP) is 4.64. The maximum atomic E-state index is 12.0. The Bertz CT molecular complexity index is 578. The molecule has 0 saturated carbocycles. The van der Waals surface area contributed by atoms with Crippen molar-refractivity contribution < 1.29 is 9.53 Å². The van der Waals surface area contributed by atoms with Gasteiger partial charge in [-0.25, -0.2) is 0 Å². The molecule has 0 unspecified atom stereocenters. The first-order valence-corrected chi connectivity index (χ1v) is 7.76. The van der Waals surface area contributed by atoms with Crippen molar-refractivity contribution >= 4 is 11.6 Å². The molecule has 0 aliphatic heterocycles. The van der Waals surface area contributed by atoms with Crippen molar-refractivity contribution in [3.8, 4) is 5.75 Å². The van der Waals surface area contributed by atoms with E-state index in [0.29, 0.717) is 6.61 Å². The maximum absolute atomic E-state index is 12.0. The summed E-state index contributed by atoms with van der Waals surface area (Å²) in [6.07, 6.45) is 1.92. The van der Waals surface area contributed by atoms with Crippen LogP contribution >= 0.6 is 0 Å². The van der Waals surface area contributed by atoms with Crippen LogP contribution in [-0.4, -0.2) is 5.91 Å². The largest absolute Gasteiger partial charge is 0.489 e.